The third kappa shape index (κ3) is 4.32. The normalized spacial score (nSPS) is 28.8. The van der Waals surface area contributed by atoms with E-state index >= 15 is 0 Å². The van der Waals surface area contributed by atoms with Gasteiger partial charge in [0.2, 0.25) is 5.91 Å². The van der Waals surface area contributed by atoms with Crippen LogP contribution in [0.2, 0.25) is 0 Å². The van der Waals surface area contributed by atoms with E-state index in [1.807, 2.05) is 0 Å². The second kappa shape index (κ2) is 6.52. The summed E-state index contributed by atoms with van der Waals surface area (Å²) in [5.74, 6) is -0.0438. The van der Waals surface area contributed by atoms with Crippen LogP contribution >= 0.6 is 0 Å². The quantitative estimate of drug-likeness (QED) is 0.817. The number of halogens is 3. The van der Waals surface area contributed by atoms with E-state index in [4.69, 9.17) is 10.5 Å². The summed E-state index contributed by atoms with van der Waals surface area (Å²) in [4.78, 5) is 12.3. The maximum absolute atomic E-state index is 12.3. The first kappa shape index (κ1) is 16.5. The van der Waals surface area contributed by atoms with E-state index in [0.717, 1.165) is 32.1 Å². The molecule has 0 radical (unpaired) electrons. The highest BCUT2D eigenvalue weighted by atomic mass is 19.4. The number of hydrogen-bond donors (Lipinski definition) is 2. The number of carbonyl (C=O) groups excluding carboxylic acids is 1. The van der Waals surface area contributed by atoms with Gasteiger partial charge in [-0.25, -0.2) is 0 Å². The lowest BCUT2D eigenvalue weighted by molar-refractivity contribution is -0.188. The standard InChI is InChI=1S/C14H23F3N2O2/c15-14(16,17)9-21-11-4-1-3-10(7-11)19-12(20)13(8-18)5-2-6-13/h10-11H,1-9,18H2,(H,19,20). The van der Waals surface area contributed by atoms with Crippen LogP contribution in [0.25, 0.3) is 0 Å². The zero-order chi connectivity index (χ0) is 15.5. The fourth-order valence-corrected chi connectivity index (χ4v) is 3.11. The van der Waals surface area contributed by atoms with Crippen molar-refractivity contribution in [2.75, 3.05) is 13.2 Å². The van der Waals surface area contributed by atoms with Crippen molar-refractivity contribution >= 4 is 5.91 Å². The number of amides is 1. The summed E-state index contributed by atoms with van der Waals surface area (Å²) in [5, 5.41) is 2.96. The average molecular weight is 308 g/mol. The van der Waals surface area contributed by atoms with Crippen molar-refractivity contribution in [3.8, 4) is 0 Å². The first-order valence-corrected chi connectivity index (χ1v) is 7.54. The van der Waals surface area contributed by atoms with E-state index in [1.165, 1.54) is 0 Å². The van der Waals surface area contributed by atoms with E-state index in [-0.39, 0.29) is 11.9 Å². The molecule has 2 rings (SSSR count). The molecule has 7 heteroatoms. The van der Waals surface area contributed by atoms with E-state index in [0.29, 0.717) is 19.4 Å². The Morgan fingerprint density at radius 3 is 2.52 bits per heavy atom. The van der Waals surface area contributed by atoms with E-state index in [2.05, 4.69) is 5.32 Å². The molecule has 0 bridgehead atoms. The van der Waals surface area contributed by atoms with Crippen LogP contribution in [0, 0.1) is 5.41 Å². The van der Waals surface area contributed by atoms with Gasteiger partial charge in [0.25, 0.3) is 0 Å². The molecule has 0 aliphatic heterocycles. The van der Waals surface area contributed by atoms with Crippen LogP contribution in [0.5, 0.6) is 0 Å². The Morgan fingerprint density at radius 1 is 1.29 bits per heavy atom. The minimum atomic E-state index is -4.30. The Morgan fingerprint density at radius 2 is 2.00 bits per heavy atom. The number of hydrogen-bond acceptors (Lipinski definition) is 3. The summed E-state index contributed by atoms with van der Waals surface area (Å²) < 4.78 is 41.4. The summed E-state index contributed by atoms with van der Waals surface area (Å²) in [5.41, 5.74) is 5.24. The molecule has 2 aliphatic carbocycles. The highest BCUT2D eigenvalue weighted by Gasteiger charge is 2.43. The monoisotopic (exact) mass is 308 g/mol. The van der Waals surface area contributed by atoms with Crippen molar-refractivity contribution < 1.29 is 22.7 Å². The summed E-state index contributed by atoms with van der Waals surface area (Å²) in [7, 11) is 0. The lowest BCUT2D eigenvalue weighted by Gasteiger charge is -2.41. The van der Waals surface area contributed by atoms with Crippen LogP contribution in [-0.2, 0) is 9.53 Å². The summed E-state index contributed by atoms with van der Waals surface area (Å²) in [6.45, 7) is -0.884. The first-order valence-electron chi connectivity index (χ1n) is 7.54. The average Bonchev–Trinajstić information content (AvgIpc) is 2.35. The highest BCUT2D eigenvalue weighted by Crippen LogP contribution is 2.40. The Kier molecular flexibility index (Phi) is 5.14. The molecule has 0 saturated heterocycles. The van der Waals surface area contributed by atoms with Crippen LogP contribution in [-0.4, -0.2) is 37.4 Å². The minimum Gasteiger partial charge on any atom is -0.369 e. The SMILES string of the molecule is NCC1(C(=O)NC2CCCC(OCC(F)(F)F)C2)CCC1. The van der Waals surface area contributed by atoms with Crippen LogP contribution in [0.4, 0.5) is 13.2 Å². The predicted octanol–water partition coefficient (Wildman–Crippen LogP) is 2.12. The molecule has 2 unspecified atom stereocenters. The largest absolute Gasteiger partial charge is 0.411 e. The van der Waals surface area contributed by atoms with Crippen molar-refractivity contribution in [3.63, 3.8) is 0 Å². The molecule has 1 amide bonds. The van der Waals surface area contributed by atoms with Gasteiger partial charge in [0.15, 0.2) is 0 Å². The number of ether oxygens (including phenoxy) is 1. The lowest BCUT2D eigenvalue weighted by atomic mass is 9.68. The molecular weight excluding hydrogens is 285 g/mol. The molecule has 2 atom stereocenters. The molecule has 0 aromatic carbocycles. The van der Waals surface area contributed by atoms with Crippen LogP contribution in [0.15, 0.2) is 0 Å². The molecule has 122 valence electrons. The van der Waals surface area contributed by atoms with Crippen molar-refractivity contribution in [3.05, 3.63) is 0 Å². The zero-order valence-electron chi connectivity index (χ0n) is 12.0. The lowest BCUT2D eigenvalue weighted by Crippen LogP contribution is -2.53. The van der Waals surface area contributed by atoms with Crippen LogP contribution in [0.3, 0.4) is 0 Å². The summed E-state index contributed by atoms with van der Waals surface area (Å²) in [6, 6.07) is -0.103. The van der Waals surface area contributed by atoms with Crippen LogP contribution in [0.1, 0.15) is 44.9 Å². The van der Waals surface area contributed by atoms with E-state index in [9.17, 15) is 18.0 Å². The Hall–Kier alpha value is -0.820. The second-order valence-electron chi connectivity index (χ2n) is 6.22. The number of carbonyl (C=O) groups is 1. The predicted molar refractivity (Wildman–Crippen MR) is 71.5 cm³/mol. The van der Waals surface area contributed by atoms with Gasteiger partial charge in [0, 0.05) is 12.6 Å². The molecular formula is C14H23F3N2O2. The van der Waals surface area contributed by atoms with E-state index in [1.54, 1.807) is 0 Å². The fraction of sp³-hybridized carbons (Fsp3) is 0.929. The van der Waals surface area contributed by atoms with Crippen LogP contribution < -0.4 is 11.1 Å². The van der Waals surface area contributed by atoms with Gasteiger partial charge in [0.05, 0.1) is 11.5 Å². The van der Waals surface area contributed by atoms with Gasteiger partial charge in [-0.3, -0.25) is 4.79 Å². The maximum atomic E-state index is 12.3. The molecule has 0 spiro atoms. The smallest absolute Gasteiger partial charge is 0.369 e. The van der Waals surface area contributed by atoms with E-state index < -0.39 is 24.3 Å². The number of alkyl halides is 3. The van der Waals surface area contributed by atoms with Crippen molar-refractivity contribution in [1.29, 1.82) is 0 Å². The molecule has 2 saturated carbocycles. The molecule has 3 N–H and O–H groups in total. The van der Waals surface area contributed by atoms with Crippen molar-refractivity contribution in [2.45, 2.75) is 63.3 Å². The van der Waals surface area contributed by atoms with Gasteiger partial charge in [-0.1, -0.05) is 6.42 Å². The topological polar surface area (TPSA) is 64.4 Å². The third-order valence-corrected chi connectivity index (χ3v) is 4.63. The minimum absolute atomic E-state index is 0.0438. The second-order valence-corrected chi connectivity index (χ2v) is 6.22. The van der Waals surface area contributed by atoms with Gasteiger partial charge in [0.1, 0.15) is 6.61 Å². The van der Waals surface area contributed by atoms with Gasteiger partial charge < -0.3 is 15.8 Å². The Balaban J connectivity index is 1.80. The number of nitrogens with one attached hydrogen (secondary N) is 1. The Bertz CT molecular complexity index is 364. The van der Waals surface area contributed by atoms with Crippen molar-refractivity contribution in [2.24, 2.45) is 11.1 Å². The fourth-order valence-electron chi connectivity index (χ4n) is 3.11. The molecule has 0 aromatic heterocycles. The maximum Gasteiger partial charge on any atom is 0.411 e. The molecule has 0 aromatic rings. The van der Waals surface area contributed by atoms with Gasteiger partial charge in [-0.15, -0.1) is 0 Å². The summed E-state index contributed by atoms with van der Waals surface area (Å²) >= 11 is 0. The highest BCUT2D eigenvalue weighted by molar-refractivity contribution is 5.84. The number of nitrogens with two attached hydrogens (primary N) is 1. The molecule has 4 nitrogen and oxygen atoms in total. The van der Waals surface area contributed by atoms with Crippen molar-refractivity contribution in [1.82, 2.24) is 5.32 Å². The zero-order valence-corrected chi connectivity index (χ0v) is 12.0. The number of rotatable bonds is 5. The molecule has 2 fully saturated rings. The molecule has 2 aliphatic rings. The van der Waals surface area contributed by atoms with Gasteiger partial charge >= 0.3 is 6.18 Å². The third-order valence-electron chi connectivity index (χ3n) is 4.63. The van der Waals surface area contributed by atoms with Gasteiger partial charge in [-0.05, 0) is 38.5 Å². The first-order chi connectivity index (χ1) is 9.85. The molecule has 21 heavy (non-hydrogen) atoms. The van der Waals surface area contributed by atoms with Gasteiger partial charge in [-0.2, -0.15) is 13.2 Å². The molecule has 0 heterocycles. The summed E-state index contributed by atoms with van der Waals surface area (Å²) in [6.07, 6.45) is 0.500. The Labute approximate surface area is 122 Å².